The van der Waals surface area contributed by atoms with Crippen LogP contribution in [0.3, 0.4) is 0 Å². The zero-order chi connectivity index (χ0) is 64.7. The van der Waals surface area contributed by atoms with Gasteiger partial charge >= 0.3 is 36.3 Å². The summed E-state index contributed by atoms with van der Waals surface area (Å²) < 4.78 is 213. The molecule has 0 aliphatic rings. The molecule has 0 aromatic heterocycles. The van der Waals surface area contributed by atoms with E-state index in [0.29, 0.717) is 0 Å². The molecule has 33 heteroatoms. The molecule has 0 fully saturated rings. The van der Waals surface area contributed by atoms with Crippen molar-refractivity contribution in [2.45, 2.75) is 67.8 Å². The Kier molecular flexibility index (Phi) is 34.5. The van der Waals surface area contributed by atoms with Crippen molar-refractivity contribution in [2.24, 2.45) is 29.6 Å². The second kappa shape index (κ2) is 37.9. The number of amides is 3. The minimum atomic E-state index is -4.92. The number of phenols is 3. The molecule has 3 rings (SSSR count). The quantitative estimate of drug-likeness (QED) is 0.0299. The minimum absolute atomic E-state index is 0.0225. The van der Waals surface area contributed by atoms with Crippen LogP contribution in [0.25, 0.3) is 0 Å². The van der Waals surface area contributed by atoms with Crippen LogP contribution in [0.2, 0.25) is 0 Å². The molecule has 0 spiro atoms. The van der Waals surface area contributed by atoms with E-state index < -0.39 is 65.8 Å². The standard InChI is InChI=1S/2C18H26F3NO6S.C16H22F3NO6S/c2*1-13(2)14(12-29(25,26)16-5-3-15(23)4-6-16)11-28-10-9-27-8-7-22-17(24)18(19,20)21;1-12(11-27(23,24)14-4-2-13(21)3-5-14)10-26-9-8-25-7-6-20-15(22)16(17,18)19/h2*3-6,13-14,23H,7-12H2,1-2H3,(H,22,24);2-5,12,21H,6-11H2,1H3,(H,20,22)/t2*14-;12-/m101/s1. The lowest BCUT2D eigenvalue weighted by Gasteiger charge is -2.21. The number of halogens is 9. The largest absolute Gasteiger partial charge is 0.508 e. The fraction of sp³-hybridized carbons (Fsp3) is 0.596. The highest BCUT2D eigenvalue weighted by Crippen LogP contribution is 2.24. The van der Waals surface area contributed by atoms with E-state index in [4.69, 9.17) is 28.4 Å². The van der Waals surface area contributed by atoms with Crippen LogP contribution >= 0.6 is 0 Å². The first-order valence-corrected chi connectivity index (χ1v) is 30.9. The number of hydrogen-bond donors (Lipinski definition) is 6. The highest BCUT2D eigenvalue weighted by molar-refractivity contribution is 7.92. The molecule has 3 aromatic carbocycles. The maximum atomic E-state index is 12.5. The molecule has 6 N–H and O–H groups in total. The number of benzene rings is 3. The molecule has 0 saturated carbocycles. The van der Waals surface area contributed by atoms with E-state index in [1.807, 2.05) is 27.7 Å². The average Bonchev–Trinajstić information content (AvgIpc) is 3.56. The third-order valence-electron chi connectivity index (χ3n) is 11.4. The fourth-order valence-corrected chi connectivity index (χ4v) is 11.7. The first-order valence-electron chi connectivity index (χ1n) is 26.0. The molecular formula is C52H74F9N3O18S3. The lowest BCUT2D eigenvalue weighted by molar-refractivity contribution is -0.173. The van der Waals surface area contributed by atoms with E-state index in [9.17, 15) is 94.5 Å². The van der Waals surface area contributed by atoms with Gasteiger partial charge in [0, 0.05) is 19.6 Å². The van der Waals surface area contributed by atoms with Gasteiger partial charge in [-0.2, -0.15) is 39.5 Å². The SMILES string of the molecule is CC(C)[C@@H](COCCOCCNC(=O)C(F)(F)F)CS(=O)(=O)c1ccc(O)cc1.CC(C)[C@H](COCCOCCNC(=O)C(F)(F)F)CS(=O)(=O)c1ccc(O)cc1.C[C@H](COCCOCCNC(=O)C(F)(F)F)CS(=O)(=O)c1ccc(O)cc1. The van der Waals surface area contributed by atoms with Gasteiger partial charge in [-0.3, -0.25) is 14.4 Å². The van der Waals surface area contributed by atoms with Gasteiger partial charge in [-0.25, -0.2) is 25.3 Å². The van der Waals surface area contributed by atoms with Crippen molar-refractivity contribution in [3.8, 4) is 17.2 Å². The van der Waals surface area contributed by atoms with Gasteiger partial charge in [0.2, 0.25) is 0 Å². The number of alkyl halides is 9. The summed E-state index contributed by atoms with van der Waals surface area (Å²) in [5, 5.41) is 32.8. The predicted molar refractivity (Wildman–Crippen MR) is 288 cm³/mol. The van der Waals surface area contributed by atoms with Gasteiger partial charge in [0.05, 0.1) is 111 Å². The van der Waals surface area contributed by atoms with Gasteiger partial charge in [-0.1, -0.05) is 34.6 Å². The summed E-state index contributed by atoms with van der Waals surface area (Å²) in [5.74, 6) is -7.32. The Bertz CT molecular complexity index is 2630. The summed E-state index contributed by atoms with van der Waals surface area (Å²) >= 11 is 0. The van der Waals surface area contributed by atoms with Gasteiger partial charge in [-0.15, -0.1) is 0 Å². The lowest BCUT2D eigenvalue weighted by Crippen LogP contribution is -2.38. The summed E-state index contributed by atoms with van der Waals surface area (Å²) in [5.41, 5.74) is 0. The average molecular weight is 1300 g/mol. The Morgan fingerprint density at radius 3 is 0.871 bits per heavy atom. The zero-order valence-corrected chi connectivity index (χ0v) is 49.6. The number of carbonyl (C=O) groups excluding carboxylic acids is 3. The van der Waals surface area contributed by atoms with E-state index in [0.717, 1.165) is 0 Å². The number of rotatable bonds is 35. The van der Waals surface area contributed by atoms with Crippen LogP contribution in [0.15, 0.2) is 87.5 Å². The molecule has 85 heavy (non-hydrogen) atoms. The molecular weight excluding hydrogens is 1220 g/mol. The number of aromatic hydroxyl groups is 3. The van der Waals surface area contributed by atoms with Crippen LogP contribution in [0.1, 0.15) is 34.6 Å². The lowest BCUT2D eigenvalue weighted by atomic mass is 9.99. The van der Waals surface area contributed by atoms with E-state index in [1.54, 1.807) is 22.9 Å². The van der Waals surface area contributed by atoms with Crippen molar-refractivity contribution in [2.75, 3.05) is 116 Å². The van der Waals surface area contributed by atoms with Crippen LogP contribution in [-0.2, 0) is 72.3 Å². The maximum absolute atomic E-state index is 12.5. The van der Waals surface area contributed by atoms with Crippen molar-refractivity contribution < 1.29 is 123 Å². The Balaban J connectivity index is 0.000000638. The summed E-state index contributed by atoms with van der Waals surface area (Å²) in [6.07, 6.45) is -14.8. The Labute approximate surface area is 488 Å². The third-order valence-corrected chi connectivity index (χ3v) is 17.1. The molecule has 0 radical (unpaired) electrons. The Morgan fingerprint density at radius 2 is 0.624 bits per heavy atom. The third kappa shape index (κ3) is 33.8. The zero-order valence-electron chi connectivity index (χ0n) is 47.1. The molecule has 3 amide bonds. The number of phenolic OH excluding ortho intramolecular Hbond substituents is 3. The molecule has 0 aliphatic heterocycles. The topological polar surface area (TPSA) is 306 Å². The highest BCUT2D eigenvalue weighted by atomic mass is 32.2. The monoisotopic (exact) mass is 1300 g/mol. The highest BCUT2D eigenvalue weighted by Gasteiger charge is 2.40. The molecule has 486 valence electrons. The second-order valence-corrected chi connectivity index (χ2v) is 25.4. The van der Waals surface area contributed by atoms with E-state index >= 15 is 0 Å². The van der Waals surface area contributed by atoms with Crippen molar-refractivity contribution in [1.82, 2.24) is 16.0 Å². The normalized spacial score (nSPS) is 13.4. The van der Waals surface area contributed by atoms with E-state index in [1.165, 1.54) is 72.8 Å². The molecule has 0 bridgehead atoms. The smallest absolute Gasteiger partial charge is 0.471 e. The molecule has 3 atom stereocenters. The van der Waals surface area contributed by atoms with Crippen LogP contribution < -0.4 is 16.0 Å². The Morgan fingerprint density at radius 1 is 0.388 bits per heavy atom. The van der Waals surface area contributed by atoms with Crippen molar-refractivity contribution in [3.05, 3.63) is 72.8 Å². The summed E-state index contributed by atoms with van der Waals surface area (Å²) in [7, 11) is -10.6. The van der Waals surface area contributed by atoms with Gasteiger partial charge < -0.3 is 59.7 Å². The summed E-state index contributed by atoms with van der Waals surface area (Å²) in [4.78, 5) is 32.1. The molecule has 0 unspecified atom stereocenters. The van der Waals surface area contributed by atoms with Gasteiger partial charge in [0.15, 0.2) is 29.5 Å². The molecule has 21 nitrogen and oxygen atoms in total. The number of ether oxygens (including phenoxy) is 6. The van der Waals surface area contributed by atoms with E-state index in [2.05, 4.69) is 0 Å². The number of carbonyl (C=O) groups is 3. The van der Waals surface area contributed by atoms with E-state index in [-0.39, 0.29) is 178 Å². The first-order chi connectivity index (χ1) is 39.4. The van der Waals surface area contributed by atoms with Crippen LogP contribution in [-0.4, -0.2) is 193 Å². The van der Waals surface area contributed by atoms with Crippen molar-refractivity contribution in [1.29, 1.82) is 0 Å². The Hall–Kier alpha value is -5.55. The fourth-order valence-electron chi connectivity index (χ4n) is 6.53. The molecule has 3 aromatic rings. The number of hydrogen-bond acceptors (Lipinski definition) is 18. The maximum Gasteiger partial charge on any atom is 0.471 e. The van der Waals surface area contributed by atoms with Crippen molar-refractivity contribution in [3.63, 3.8) is 0 Å². The van der Waals surface area contributed by atoms with Crippen molar-refractivity contribution >= 4 is 47.2 Å². The minimum Gasteiger partial charge on any atom is -0.508 e. The van der Waals surface area contributed by atoms with Gasteiger partial charge in [-0.05, 0) is 102 Å². The molecule has 0 saturated heterocycles. The summed E-state index contributed by atoms with van der Waals surface area (Å²) in [6, 6.07) is 15.8. The number of sulfone groups is 3. The molecule has 0 aliphatic carbocycles. The van der Waals surface area contributed by atoms with Gasteiger partial charge in [0.1, 0.15) is 17.2 Å². The molecule has 0 heterocycles. The first kappa shape index (κ1) is 77.5. The van der Waals surface area contributed by atoms with Crippen LogP contribution in [0.4, 0.5) is 39.5 Å². The second-order valence-electron chi connectivity index (χ2n) is 19.3. The predicted octanol–water partition coefficient (Wildman–Crippen LogP) is 5.81. The van der Waals surface area contributed by atoms with Crippen LogP contribution in [0, 0.1) is 29.6 Å². The number of nitrogens with one attached hydrogen (secondary N) is 3. The summed E-state index contributed by atoms with van der Waals surface area (Å²) in [6.45, 7) is 9.24. The van der Waals surface area contributed by atoms with Gasteiger partial charge in [0.25, 0.3) is 0 Å². The van der Waals surface area contributed by atoms with Crippen LogP contribution in [0.5, 0.6) is 17.2 Å².